The SMILES string of the molecule is C=CCn1c(=O)c2cnc(Nc3ccc(N4CCC5(CCN(C)CC5)CC4)cc3)nc2n1-c1cccc(N2CCCC2=O)n1. The zero-order valence-corrected chi connectivity index (χ0v) is 25.3. The van der Waals surface area contributed by atoms with Gasteiger partial charge in [-0.25, -0.2) is 19.3 Å². The van der Waals surface area contributed by atoms with E-state index in [1.54, 1.807) is 21.9 Å². The molecule has 1 aromatic carbocycles. The quantitative estimate of drug-likeness (QED) is 0.316. The van der Waals surface area contributed by atoms with Crippen LogP contribution < -0.4 is 20.7 Å². The third-order valence-corrected chi connectivity index (χ3v) is 9.62. The number of fused-ring (bicyclic) bond motifs is 1. The first-order valence-corrected chi connectivity index (χ1v) is 15.6. The summed E-state index contributed by atoms with van der Waals surface area (Å²) in [4.78, 5) is 46.4. The van der Waals surface area contributed by atoms with Crippen LogP contribution in [0.5, 0.6) is 0 Å². The molecule has 0 unspecified atom stereocenters. The summed E-state index contributed by atoms with van der Waals surface area (Å²) in [5.74, 6) is 1.49. The maximum absolute atomic E-state index is 13.4. The Hall–Kier alpha value is -4.51. The van der Waals surface area contributed by atoms with Crippen molar-refractivity contribution >= 4 is 40.1 Å². The van der Waals surface area contributed by atoms with Crippen LogP contribution >= 0.6 is 0 Å². The summed E-state index contributed by atoms with van der Waals surface area (Å²) in [7, 11) is 2.23. The molecule has 3 aliphatic heterocycles. The van der Waals surface area contributed by atoms with Gasteiger partial charge >= 0.3 is 0 Å². The second kappa shape index (κ2) is 11.5. The fourth-order valence-corrected chi connectivity index (χ4v) is 6.90. The van der Waals surface area contributed by atoms with E-state index in [1.165, 1.54) is 49.1 Å². The zero-order chi connectivity index (χ0) is 30.3. The summed E-state index contributed by atoms with van der Waals surface area (Å²) in [6, 6.07) is 13.9. The van der Waals surface area contributed by atoms with E-state index in [0.717, 1.165) is 25.2 Å². The van der Waals surface area contributed by atoms with Gasteiger partial charge in [-0.3, -0.25) is 14.5 Å². The molecule has 4 aromatic rings. The van der Waals surface area contributed by atoms with Crippen LogP contribution in [0.4, 0.5) is 23.1 Å². The molecule has 11 heteroatoms. The third kappa shape index (κ3) is 5.25. The molecule has 3 saturated heterocycles. The molecule has 3 fully saturated rings. The predicted molar refractivity (Wildman–Crippen MR) is 173 cm³/mol. The Morgan fingerprint density at radius 1 is 0.932 bits per heavy atom. The van der Waals surface area contributed by atoms with E-state index in [1.807, 2.05) is 18.2 Å². The Morgan fingerprint density at radius 2 is 1.66 bits per heavy atom. The maximum Gasteiger partial charge on any atom is 0.278 e. The summed E-state index contributed by atoms with van der Waals surface area (Å²) in [5.41, 5.74) is 2.81. The molecule has 0 aliphatic carbocycles. The summed E-state index contributed by atoms with van der Waals surface area (Å²) in [5, 5.41) is 3.69. The molecule has 3 aliphatic rings. The average molecular weight is 594 g/mol. The molecule has 1 spiro atoms. The van der Waals surface area contributed by atoms with Gasteiger partial charge in [-0.15, -0.1) is 6.58 Å². The van der Waals surface area contributed by atoms with Crippen molar-refractivity contribution in [2.45, 2.75) is 45.1 Å². The minimum atomic E-state index is -0.233. The van der Waals surface area contributed by atoms with Crippen molar-refractivity contribution in [3.63, 3.8) is 0 Å². The van der Waals surface area contributed by atoms with Crippen molar-refractivity contribution in [2.75, 3.05) is 54.9 Å². The number of carbonyl (C=O) groups is 1. The molecule has 0 saturated carbocycles. The highest BCUT2D eigenvalue weighted by atomic mass is 16.2. The number of nitrogens with one attached hydrogen (secondary N) is 1. The largest absolute Gasteiger partial charge is 0.371 e. The lowest BCUT2D eigenvalue weighted by atomic mass is 9.71. The van der Waals surface area contributed by atoms with Crippen molar-refractivity contribution in [1.29, 1.82) is 0 Å². The second-order valence-electron chi connectivity index (χ2n) is 12.4. The van der Waals surface area contributed by atoms with Crippen molar-refractivity contribution < 1.29 is 4.79 Å². The standard InChI is InChI=1S/C33H39N9O2/c1-3-17-41-31(44)26-23-34-32(37-30(26)42(41)28-7-4-6-27(36-28)40-18-5-8-29(40)43)35-24-9-11-25(12-10-24)39-21-15-33(16-22-39)13-19-38(2)20-14-33/h3-4,6-7,9-12,23H,1,5,8,13-22H2,2H3,(H,34,35,37). The normalized spacial score (nSPS) is 18.8. The number of hydrogen-bond donors (Lipinski definition) is 1. The topological polar surface area (TPSA) is 104 Å². The first-order chi connectivity index (χ1) is 21.4. The monoisotopic (exact) mass is 593 g/mol. The molecule has 0 radical (unpaired) electrons. The number of anilines is 4. The van der Waals surface area contributed by atoms with E-state index in [9.17, 15) is 9.59 Å². The molecular formula is C33H39N9O2. The highest BCUT2D eigenvalue weighted by Gasteiger charge is 2.36. The van der Waals surface area contributed by atoms with Gasteiger partial charge in [0.25, 0.3) is 5.56 Å². The number of piperidine rings is 2. The number of hydrogen-bond acceptors (Lipinski definition) is 8. The molecule has 0 atom stereocenters. The Kier molecular flexibility index (Phi) is 7.41. The van der Waals surface area contributed by atoms with Crippen molar-refractivity contribution in [2.24, 2.45) is 5.41 Å². The fourth-order valence-electron chi connectivity index (χ4n) is 6.90. The van der Waals surface area contributed by atoms with Crippen LogP contribution in [0.2, 0.25) is 0 Å². The summed E-state index contributed by atoms with van der Waals surface area (Å²) >= 11 is 0. The van der Waals surface area contributed by atoms with E-state index in [0.29, 0.717) is 47.0 Å². The van der Waals surface area contributed by atoms with Gasteiger partial charge in [-0.2, -0.15) is 4.98 Å². The van der Waals surface area contributed by atoms with Crippen LogP contribution in [0.15, 0.2) is 66.1 Å². The van der Waals surface area contributed by atoms with Gasteiger partial charge in [0.05, 0.1) is 6.54 Å². The summed E-state index contributed by atoms with van der Waals surface area (Å²) < 4.78 is 3.23. The number of benzene rings is 1. The fraction of sp³-hybridized carbons (Fsp3) is 0.424. The molecule has 0 bridgehead atoms. The average Bonchev–Trinajstić information content (AvgIpc) is 3.60. The van der Waals surface area contributed by atoms with E-state index in [-0.39, 0.29) is 18.0 Å². The van der Waals surface area contributed by atoms with Gasteiger partial charge in [-0.1, -0.05) is 12.1 Å². The Balaban J connectivity index is 1.13. The molecule has 7 rings (SSSR count). The van der Waals surface area contributed by atoms with E-state index >= 15 is 0 Å². The molecule has 1 amide bonds. The lowest BCUT2D eigenvalue weighted by Crippen LogP contribution is -2.46. The van der Waals surface area contributed by atoms with E-state index in [2.05, 4.69) is 58.0 Å². The number of carbonyl (C=O) groups excluding carboxylic acids is 1. The summed E-state index contributed by atoms with van der Waals surface area (Å²) in [6.45, 7) is 9.35. The van der Waals surface area contributed by atoms with Crippen LogP contribution in [0.3, 0.4) is 0 Å². The van der Waals surface area contributed by atoms with Crippen LogP contribution in [0.25, 0.3) is 16.9 Å². The highest BCUT2D eigenvalue weighted by Crippen LogP contribution is 2.42. The van der Waals surface area contributed by atoms with E-state index in [4.69, 9.17) is 9.97 Å². The minimum absolute atomic E-state index is 0.0526. The second-order valence-corrected chi connectivity index (χ2v) is 12.4. The summed E-state index contributed by atoms with van der Waals surface area (Å²) in [6.07, 6.45) is 9.68. The Morgan fingerprint density at radius 3 is 2.36 bits per heavy atom. The first-order valence-electron chi connectivity index (χ1n) is 15.6. The van der Waals surface area contributed by atoms with E-state index < -0.39 is 0 Å². The van der Waals surface area contributed by atoms with Gasteiger partial charge < -0.3 is 15.1 Å². The van der Waals surface area contributed by atoms with Gasteiger partial charge in [0, 0.05) is 43.6 Å². The molecule has 11 nitrogen and oxygen atoms in total. The third-order valence-electron chi connectivity index (χ3n) is 9.62. The van der Waals surface area contributed by atoms with Gasteiger partial charge in [-0.05, 0) is 94.1 Å². The first kappa shape index (κ1) is 28.3. The van der Waals surface area contributed by atoms with Crippen molar-refractivity contribution in [1.82, 2.24) is 29.2 Å². The van der Waals surface area contributed by atoms with Crippen LogP contribution in [0, 0.1) is 5.41 Å². The zero-order valence-electron chi connectivity index (χ0n) is 25.3. The molecule has 228 valence electrons. The molecule has 1 N–H and O–H groups in total. The molecule has 6 heterocycles. The van der Waals surface area contributed by atoms with Gasteiger partial charge in [0.15, 0.2) is 11.5 Å². The van der Waals surface area contributed by atoms with Crippen LogP contribution in [-0.4, -0.2) is 74.9 Å². The lowest BCUT2D eigenvalue weighted by Gasteiger charge is -2.46. The van der Waals surface area contributed by atoms with Crippen LogP contribution in [0.1, 0.15) is 38.5 Å². The Labute approximate surface area is 256 Å². The predicted octanol–water partition coefficient (Wildman–Crippen LogP) is 4.35. The van der Waals surface area contributed by atoms with Crippen LogP contribution in [-0.2, 0) is 11.3 Å². The number of allylic oxidation sites excluding steroid dienone is 1. The van der Waals surface area contributed by atoms with Crippen molar-refractivity contribution in [3.05, 3.63) is 71.7 Å². The number of likely N-dealkylation sites (tertiary alicyclic amines) is 1. The minimum Gasteiger partial charge on any atom is -0.371 e. The smallest absolute Gasteiger partial charge is 0.278 e. The van der Waals surface area contributed by atoms with Gasteiger partial charge in [0.1, 0.15) is 11.2 Å². The number of nitrogens with zero attached hydrogens (tertiary/aromatic N) is 8. The maximum atomic E-state index is 13.4. The number of aromatic nitrogens is 5. The van der Waals surface area contributed by atoms with Crippen molar-refractivity contribution in [3.8, 4) is 5.82 Å². The molecular weight excluding hydrogens is 554 g/mol. The lowest BCUT2D eigenvalue weighted by molar-refractivity contribution is -0.117. The number of rotatable bonds is 7. The molecule has 3 aromatic heterocycles. The Bertz CT molecular complexity index is 1740. The highest BCUT2D eigenvalue weighted by molar-refractivity contribution is 5.94. The number of pyridine rings is 1. The molecule has 44 heavy (non-hydrogen) atoms. The van der Waals surface area contributed by atoms with Gasteiger partial charge in [0.2, 0.25) is 11.9 Å². The number of amides is 1.